The summed E-state index contributed by atoms with van der Waals surface area (Å²) in [6.45, 7) is 1.14. The molecule has 0 radical (unpaired) electrons. The zero-order valence-corrected chi connectivity index (χ0v) is 11.0. The van der Waals surface area contributed by atoms with E-state index < -0.39 is 35.3 Å². The molecule has 0 rings (SSSR count). The molecule has 0 aliphatic rings. The summed E-state index contributed by atoms with van der Waals surface area (Å²) in [5.74, 6) is -1.76. The van der Waals surface area contributed by atoms with Crippen molar-refractivity contribution in [3.05, 3.63) is 0 Å². The molecule has 8 nitrogen and oxygen atoms in total. The van der Waals surface area contributed by atoms with Crippen molar-refractivity contribution < 1.29 is 23.7 Å². The van der Waals surface area contributed by atoms with Crippen LogP contribution >= 0.6 is 0 Å². The Balaban J connectivity index is 3.73. The average Bonchev–Trinajstić information content (AvgIpc) is 2.30. The first kappa shape index (κ1) is 16.4. The van der Waals surface area contributed by atoms with Crippen molar-refractivity contribution in [2.24, 2.45) is 0 Å². The summed E-state index contributed by atoms with van der Waals surface area (Å²) < 4.78 is 11.0. The Hall–Kier alpha value is -1.64. The van der Waals surface area contributed by atoms with Crippen molar-refractivity contribution in [1.82, 2.24) is 16.0 Å². The van der Waals surface area contributed by atoms with Crippen LogP contribution in [0, 0.1) is 0 Å². The molecule has 0 aliphatic heterocycles. The number of hydrogen-bond acceptors (Lipinski definition) is 4. The molecule has 0 aromatic carbocycles. The van der Waals surface area contributed by atoms with E-state index in [1.807, 2.05) is 0 Å². The van der Waals surface area contributed by atoms with Crippen molar-refractivity contribution in [2.45, 2.75) is 12.2 Å². The molecule has 3 amide bonds. The minimum absolute atomic E-state index is 0.184. The zero-order chi connectivity index (χ0) is 14.1. The molecule has 2 atom stereocenters. The van der Waals surface area contributed by atoms with Gasteiger partial charge in [0.15, 0.2) is 0 Å². The SMILES string of the molecule is CC(CNC(=O)NCC(=O)NCC(=O)O)S(C)=O. The number of nitrogens with one attached hydrogen (secondary N) is 3. The van der Waals surface area contributed by atoms with E-state index in [0.717, 1.165) is 0 Å². The number of aliphatic carboxylic acids is 1. The van der Waals surface area contributed by atoms with E-state index >= 15 is 0 Å². The Labute approximate surface area is 107 Å². The molecule has 0 heterocycles. The van der Waals surface area contributed by atoms with Gasteiger partial charge in [-0.05, 0) is 6.92 Å². The van der Waals surface area contributed by atoms with E-state index in [2.05, 4.69) is 16.0 Å². The second-order valence-electron chi connectivity index (χ2n) is 3.54. The van der Waals surface area contributed by atoms with Crippen LogP contribution in [0.15, 0.2) is 0 Å². The number of amides is 3. The van der Waals surface area contributed by atoms with Gasteiger partial charge in [-0.3, -0.25) is 13.8 Å². The van der Waals surface area contributed by atoms with E-state index in [1.54, 1.807) is 6.92 Å². The van der Waals surface area contributed by atoms with Crippen LogP contribution in [0.2, 0.25) is 0 Å². The number of carboxylic acids is 1. The van der Waals surface area contributed by atoms with Gasteiger partial charge in [0.2, 0.25) is 5.91 Å². The lowest BCUT2D eigenvalue weighted by Gasteiger charge is -2.10. The standard InChI is InChI=1S/C9H17N3O5S/c1-6(18(2)17)3-11-9(16)12-4-7(13)10-5-8(14)15/h6H,3-5H2,1-2H3,(H,10,13)(H,14,15)(H2,11,12,16). The van der Waals surface area contributed by atoms with Gasteiger partial charge >= 0.3 is 12.0 Å². The zero-order valence-electron chi connectivity index (χ0n) is 10.2. The van der Waals surface area contributed by atoms with Crippen LogP contribution in [-0.2, 0) is 20.4 Å². The molecule has 0 spiro atoms. The maximum atomic E-state index is 11.2. The summed E-state index contributed by atoms with van der Waals surface area (Å²) in [6, 6.07) is -0.572. The van der Waals surface area contributed by atoms with E-state index in [-0.39, 0.29) is 18.3 Å². The fourth-order valence-corrected chi connectivity index (χ4v) is 1.13. The second kappa shape index (κ2) is 8.45. The van der Waals surface area contributed by atoms with Crippen molar-refractivity contribution in [2.75, 3.05) is 25.9 Å². The summed E-state index contributed by atoms with van der Waals surface area (Å²) in [7, 11) is -1.03. The molecule has 0 saturated heterocycles. The van der Waals surface area contributed by atoms with Gasteiger partial charge in [0, 0.05) is 28.9 Å². The summed E-state index contributed by atoms with van der Waals surface area (Å²) in [5.41, 5.74) is 0. The third-order valence-electron chi connectivity index (χ3n) is 1.96. The number of carbonyl (C=O) groups excluding carboxylic acids is 2. The third-order valence-corrected chi connectivity index (χ3v) is 3.26. The number of urea groups is 1. The molecular formula is C9H17N3O5S. The van der Waals surface area contributed by atoms with Gasteiger partial charge < -0.3 is 21.1 Å². The van der Waals surface area contributed by atoms with Crippen molar-refractivity contribution in [1.29, 1.82) is 0 Å². The van der Waals surface area contributed by atoms with Crippen LogP contribution in [0.5, 0.6) is 0 Å². The topological polar surface area (TPSA) is 125 Å². The molecule has 104 valence electrons. The first-order valence-electron chi connectivity index (χ1n) is 5.15. The van der Waals surface area contributed by atoms with E-state index in [9.17, 15) is 18.6 Å². The Morgan fingerprint density at radius 2 is 1.78 bits per heavy atom. The molecular weight excluding hydrogens is 262 g/mol. The number of rotatable bonds is 7. The largest absolute Gasteiger partial charge is 0.480 e. The van der Waals surface area contributed by atoms with E-state index in [4.69, 9.17) is 5.11 Å². The summed E-state index contributed by atoms with van der Waals surface area (Å²) in [5, 5.41) is 14.9. The van der Waals surface area contributed by atoms with Crippen LogP contribution in [0.1, 0.15) is 6.92 Å². The first-order valence-corrected chi connectivity index (χ1v) is 6.77. The van der Waals surface area contributed by atoms with Crippen LogP contribution in [0.3, 0.4) is 0 Å². The highest BCUT2D eigenvalue weighted by atomic mass is 32.2. The molecule has 9 heteroatoms. The maximum absolute atomic E-state index is 11.2. The van der Waals surface area contributed by atoms with Crippen molar-refractivity contribution >= 4 is 28.7 Å². The van der Waals surface area contributed by atoms with Gasteiger partial charge in [0.05, 0.1) is 6.54 Å². The smallest absolute Gasteiger partial charge is 0.322 e. The second-order valence-corrected chi connectivity index (χ2v) is 5.35. The van der Waals surface area contributed by atoms with Gasteiger partial charge in [0.25, 0.3) is 0 Å². The fraction of sp³-hybridized carbons (Fsp3) is 0.667. The van der Waals surface area contributed by atoms with Crippen LogP contribution in [0.25, 0.3) is 0 Å². The normalized spacial score (nSPS) is 13.2. The summed E-state index contributed by atoms with van der Waals surface area (Å²) >= 11 is 0. The summed E-state index contributed by atoms with van der Waals surface area (Å²) in [4.78, 5) is 32.4. The Bertz CT molecular complexity index is 347. The Morgan fingerprint density at radius 1 is 1.17 bits per heavy atom. The van der Waals surface area contributed by atoms with Crippen molar-refractivity contribution in [3.63, 3.8) is 0 Å². The van der Waals surface area contributed by atoms with Crippen LogP contribution in [-0.4, -0.2) is 58.4 Å². The molecule has 0 aromatic rings. The van der Waals surface area contributed by atoms with E-state index in [1.165, 1.54) is 6.26 Å². The number of carboxylic acid groups (broad SMARTS) is 1. The molecule has 0 saturated carbocycles. The molecule has 0 aromatic heterocycles. The minimum Gasteiger partial charge on any atom is -0.480 e. The van der Waals surface area contributed by atoms with Gasteiger partial charge in [-0.2, -0.15) is 0 Å². The Kier molecular flexibility index (Phi) is 7.68. The molecule has 0 fully saturated rings. The molecule has 0 bridgehead atoms. The highest BCUT2D eigenvalue weighted by Gasteiger charge is 2.09. The number of hydrogen-bond donors (Lipinski definition) is 4. The predicted octanol–water partition coefficient (Wildman–Crippen LogP) is -1.75. The maximum Gasteiger partial charge on any atom is 0.322 e. The monoisotopic (exact) mass is 279 g/mol. The predicted molar refractivity (Wildman–Crippen MR) is 65.6 cm³/mol. The average molecular weight is 279 g/mol. The van der Waals surface area contributed by atoms with Gasteiger partial charge in [-0.1, -0.05) is 0 Å². The highest BCUT2D eigenvalue weighted by molar-refractivity contribution is 7.84. The van der Waals surface area contributed by atoms with Gasteiger partial charge in [-0.15, -0.1) is 0 Å². The quantitative estimate of drug-likeness (QED) is 0.440. The van der Waals surface area contributed by atoms with E-state index in [0.29, 0.717) is 0 Å². The number of carbonyl (C=O) groups is 3. The van der Waals surface area contributed by atoms with Gasteiger partial charge in [-0.25, -0.2) is 4.79 Å². The molecule has 0 aliphatic carbocycles. The molecule has 2 unspecified atom stereocenters. The third kappa shape index (κ3) is 8.50. The molecule has 4 N–H and O–H groups in total. The lowest BCUT2D eigenvalue weighted by molar-refractivity contribution is -0.137. The summed E-state index contributed by atoms with van der Waals surface area (Å²) in [6.07, 6.45) is 1.53. The van der Waals surface area contributed by atoms with Crippen LogP contribution in [0.4, 0.5) is 4.79 Å². The molecule has 18 heavy (non-hydrogen) atoms. The highest BCUT2D eigenvalue weighted by Crippen LogP contribution is 1.88. The Morgan fingerprint density at radius 3 is 2.28 bits per heavy atom. The minimum atomic E-state index is -1.16. The fourth-order valence-electron chi connectivity index (χ4n) is 0.814. The van der Waals surface area contributed by atoms with Crippen LogP contribution < -0.4 is 16.0 Å². The lowest BCUT2D eigenvalue weighted by atomic mass is 10.5. The lowest BCUT2D eigenvalue weighted by Crippen LogP contribution is -2.44. The first-order chi connectivity index (χ1) is 8.32. The van der Waals surface area contributed by atoms with Gasteiger partial charge in [0.1, 0.15) is 6.54 Å². The van der Waals surface area contributed by atoms with Crippen molar-refractivity contribution in [3.8, 4) is 0 Å².